The maximum Gasteiger partial charge on any atom is 0.149 e. The summed E-state index contributed by atoms with van der Waals surface area (Å²) in [5.74, 6) is -1.43. The smallest absolute Gasteiger partial charge is 0.149 e. The first kappa shape index (κ1) is 13.3. The van der Waals surface area contributed by atoms with E-state index in [-0.39, 0.29) is 23.7 Å². The van der Waals surface area contributed by atoms with Crippen LogP contribution in [0.15, 0.2) is 18.2 Å². The summed E-state index contributed by atoms with van der Waals surface area (Å²) in [7, 11) is 0. The van der Waals surface area contributed by atoms with E-state index in [2.05, 4.69) is 15.9 Å². The molecule has 0 N–H and O–H groups in total. The van der Waals surface area contributed by atoms with E-state index >= 15 is 0 Å². The molecule has 0 spiro atoms. The maximum atomic E-state index is 13.3. The molecule has 0 radical (unpaired) electrons. The molecular formula is C12H13BrF2O. The predicted molar refractivity (Wildman–Crippen MR) is 62.6 cm³/mol. The van der Waals surface area contributed by atoms with Crippen LogP contribution in [0.5, 0.6) is 0 Å². The Morgan fingerprint density at radius 3 is 2.25 bits per heavy atom. The monoisotopic (exact) mass is 290 g/mol. The number of carbonyl (C=O) groups is 1. The van der Waals surface area contributed by atoms with Gasteiger partial charge in [-0.05, 0) is 18.6 Å². The highest BCUT2D eigenvalue weighted by atomic mass is 79.9. The highest BCUT2D eigenvalue weighted by Crippen LogP contribution is 2.19. The molecule has 0 aromatic heterocycles. The molecule has 1 aromatic carbocycles. The van der Waals surface area contributed by atoms with Gasteiger partial charge in [-0.15, -0.1) is 0 Å². The number of alkyl halides is 1. The van der Waals surface area contributed by atoms with Crippen molar-refractivity contribution in [2.45, 2.75) is 25.1 Å². The van der Waals surface area contributed by atoms with Crippen molar-refractivity contribution < 1.29 is 13.6 Å². The lowest BCUT2D eigenvalue weighted by atomic mass is 10.0. The Labute approximate surface area is 102 Å². The fraction of sp³-hybridized carbons (Fsp3) is 0.417. The number of carbonyl (C=O) groups excluding carboxylic acids is 1. The third-order valence-electron chi connectivity index (χ3n) is 2.32. The van der Waals surface area contributed by atoms with Gasteiger partial charge in [0.25, 0.3) is 0 Å². The van der Waals surface area contributed by atoms with Gasteiger partial charge >= 0.3 is 0 Å². The second-order valence-electron chi connectivity index (χ2n) is 3.93. The van der Waals surface area contributed by atoms with Gasteiger partial charge < -0.3 is 0 Å². The summed E-state index contributed by atoms with van der Waals surface area (Å²) in [5.41, 5.74) is -0.0432. The molecule has 4 heteroatoms. The molecule has 16 heavy (non-hydrogen) atoms. The van der Waals surface area contributed by atoms with E-state index in [4.69, 9.17) is 0 Å². The molecule has 1 aromatic rings. The first-order valence-corrected chi connectivity index (χ1v) is 5.95. The average molecular weight is 291 g/mol. The fourth-order valence-electron chi connectivity index (χ4n) is 1.37. The summed E-state index contributed by atoms with van der Waals surface area (Å²) in [6, 6.07) is 3.69. The minimum Gasteiger partial charge on any atom is -0.298 e. The standard InChI is InChI=1S/C12H13BrF2O/c1-7(2)12(16)9(13)6-8-10(14)4-3-5-11(8)15/h3-5,7,9H,6H2,1-2H3. The summed E-state index contributed by atoms with van der Waals surface area (Å²) in [6.45, 7) is 3.52. The second-order valence-corrected chi connectivity index (χ2v) is 5.03. The Balaban J connectivity index is 2.85. The number of halogens is 3. The lowest BCUT2D eigenvalue weighted by Gasteiger charge is -2.12. The first-order chi connectivity index (χ1) is 7.43. The topological polar surface area (TPSA) is 17.1 Å². The van der Waals surface area contributed by atoms with Gasteiger partial charge in [-0.25, -0.2) is 8.78 Å². The van der Waals surface area contributed by atoms with Crippen LogP contribution in [0.1, 0.15) is 19.4 Å². The van der Waals surface area contributed by atoms with Gasteiger partial charge in [0.1, 0.15) is 17.4 Å². The second kappa shape index (κ2) is 5.53. The minimum atomic E-state index is -0.610. The average Bonchev–Trinajstić information content (AvgIpc) is 2.22. The van der Waals surface area contributed by atoms with E-state index in [0.717, 1.165) is 0 Å². The zero-order valence-electron chi connectivity index (χ0n) is 9.14. The summed E-state index contributed by atoms with van der Waals surface area (Å²) in [4.78, 5) is 11.0. The van der Waals surface area contributed by atoms with Crippen molar-refractivity contribution in [1.29, 1.82) is 0 Å². The Kier molecular flexibility index (Phi) is 4.59. The molecule has 0 bridgehead atoms. The van der Waals surface area contributed by atoms with Crippen molar-refractivity contribution in [2.24, 2.45) is 5.92 Å². The van der Waals surface area contributed by atoms with Crippen molar-refractivity contribution in [3.05, 3.63) is 35.4 Å². The number of rotatable bonds is 4. The van der Waals surface area contributed by atoms with Gasteiger partial charge in [0.05, 0.1) is 4.83 Å². The van der Waals surface area contributed by atoms with Gasteiger partial charge in [0.2, 0.25) is 0 Å². The van der Waals surface area contributed by atoms with Crippen LogP contribution in [0.25, 0.3) is 0 Å². The molecule has 0 amide bonds. The van der Waals surface area contributed by atoms with E-state index in [1.807, 2.05) is 0 Å². The summed E-state index contributed by atoms with van der Waals surface area (Å²) in [6.07, 6.45) is 0.0372. The summed E-state index contributed by atoms with van der Waals surface area (Å²) in [5, 5.41) is 0. The molecule has 88 valence electrons. The molecule has 1 rings (SSSR count). The van der Waals surface area contributed by atoms with Crippen molar-refractivity contribution in [3.8, 4) is 0 Å². The Morgan fingerprint density at radius 1 is 1.31 bits per heavy atom. The van der Waals surface area contributed by atoms with Crippen molar-refractivity contribution in [2.75, 3.05) is 0 Å². The molecule has 0 heterocycles. The molecule has 0 aliphatic heterocycles. The number of Topliss-reactive ketones (excluding diaryl/α,β-unsaturated/α-hetero) is 1. The molecule has 0 aliphatic rings. The van der Waals surface area contributed by atoms with Crippen LogP contribution in [0.3, 0.4) is 0 Å². The quantitative estimate of drug-likeness (QED) is 0.776. The molecule has 0 saturated carbocycles. The third-order valence-corrected chi connectivity index (χ3v) is 3.10. The van der Waals surface area contributed by atoms with E-state index in [1.54, 1.807) is 13.8 Å². The number of benzene rings is 1. The van der Waals surface area contributed by atoms with Crippen LogP contribution in [-0.2, 0) is 11.2 Å². The first-order valence-electron chi connectivity index (χ1n) is 5.04. The Bertz CT molecular complexity index is 370. The van der Waals surface area contributed by atoms with Crippen LogP contribution in [0.2, 0.25) is 0 Å². The normalized spacial score (nSPS) is 12.9. The van der Waals surface area contributed by atoms with Crippen LogP contribution >= 0.6 is 15.9 Å². The van der Waals surface area contributed by atoms with Crippen LogP contribution in [-0.4, -0.2) is 10.6 Å². The molecule has 1 nitrogen and oxygen atoms in total. The van der Waals surface area contributed by atoms with E-state index in [9.17, 15) is 13.6 Å². The zero-order chi connectivity index (χ0) is 12.3. The van der Waals surface area contributed by atoms with Crippen LogP contribution < -0.4 is 0 Å². The number of ketones is 1. The lowest BCUT2D eigenvalue weighted by Crippen LogP contribution is -2.22. The van der Waals surface area contributed by atoms with Gasteiger partial charge in [-0.2, -0.15) is 0 Å². The molecule has 0 aliphatic carbocycles. The van der Waals surface area contributed by atoms with Gasteiger partial charge in [-0.1, -0.05) is 35.8 Å². The highest BCUT2D eigenvalue weighted by Gasteiger charge is 2.21. The predicted octanol–water partition coefficient (Wildman–Crippen LogP) is 3.50. The van der Waals surface area contributed by atoms with E-state index < -0.39 is 16.5 Å². The largest absolute Gasteiger partial charge is 0.298 e. The molecule has 0 fully saturated rings. The van der Waals surface area contributed by atoms with Crippen molar-refractivity contribution >= 4 is 21.7 Å². The molecule has 0 saturated heterocycles. The van der Waals surface area contributed by atoms with Crippen molar-refractivity contribution in [1.82, 2.24) is 0 Å². The Hall–Kier alpha value is -0.770. The SMILES string of the molecule is CC(C)C(=O)C(Br)Cc1c(F)cccc1F. The van der Waals surface area contributed by atoms with Crippen LogP contribution in [0, 0.1) is 17.6 Å². The minimum absolute atomic E-state index is 0.0372. The highest BCUT2D eigenvalue weighted by molar-refractivity contribution is 9.10. The summed E-state index contributed by atoms with van der Waals surface area (Å²) < 4.78 is 26.6. The fourth-order valence-corrected chi connectivity index (χ4v) is 2.22. The van der Waals surface area contributed by atoms with Crippen molar-refractivity contribution in [3.63, 3.8) is 0 Å². The molecule has 1 atom stereocenters. The third kappa shape index (κ3) is 3.11. The number of hydrogen-bond donors (Lipinski definition) is 0. The lowest BCUT2D eigenvalue weighted by molar-refractivity contribution is -0.121. The zero-order valence-corrected chi connectivity index (χ0v) is 10.7. The van der Waals surface area contributed by atoms with Gasteiger partial charge in [0, 0.05) is 11.5 Å². The molecular weight excluding hydrogens is 278 g/mol. The van der Waals surface area contributed by atoms with E-state index in [0.29, 0.717) is 0 Å². The maximum absolute atomic E-state index is 13.3. The number of hydrogen-bond acceptors (Lipinski definition) is 1. The van der Waals surface area contributed by atoms with Gasteiger partial charge in [0.15, 0.2) is 0 Å². The van der Waals surface area contributed by atoms with Gasteiger partial charge in [-0.3, -0.25) is 4.79 Å². The Morgan fingerprint density at radius 2 is 1.81 bits per heavy atom. The molecule has 1 unspecified atom stereocenters. The van der Waals surface area contributed by atoms with Crippen LogP contribution in [0.4, 0.5) is 8.78 Å². The van der Waals surface area contributed by atoms with E-state index in [1.165, 1.54) is 18.2 Å². The summed E-state index contributed by atoms with van der Waals surface area (Å²) >= 11 is 3.17.